The largest absolute Gasteiger partial charge is 0.378 e. The third-order valence-electron chi connectivity index (χ3n) is 5.22. The van der Waals surface area contributed by atoms with Crippen molar-refractivity contribution in [1.82, 2.24) is 5.32 Å². The van der Waals surface area contributed by atoms with Gasteiger partial charge in [0.1, 0.15) is 0 Å². The van der Waals surface area contributed by atoms with E-state index in [9.17, 15) is 4.79 Å². The minimum absolute atomic E-state index is 0.0104. The second-order valence-corrected chi connectivity index (χ2v) is 7.52. The summed E-state index contributed by atoms with van der Waals surface area (Å²) in [6.45, 7) is 8.82. The zero-order valence-electron chi connectivity index (χ0n) is 13.4. The number of amides is 1. The van der Waals surface area contributed by atoms with Gasteiger partial charge in [0.05, 0.1) is 12.1 Å². The van der Waals surface area contributed by atoms with Crippen molar-refractivity contribution in [1.29, 1.82) is 0 Å². The van der Waals surface area contributed by atoms with Crippen LogP contribution in [0.2, 0.25) is 0 Å². The number of rotatable bonds is 4. The highest BCUT2D eigenvalue weighted by molar-refractivity contribution is 5.82. The Hall–Kier alpha value is -0.610. The third-order valence-corrected chi connectivity index (χ3v) is 5.22. The van der Waals surface area contributed by atoms with Crippen LogP contribution in [-0.4, -0.2) is 30.7 Å². The highest BCUT2D eigenvalue weighted by Gasteiger charge is 2.57. The van der Waals surface area contributed by atoms with Crippen LogP contribution < -0.4 is 11.1 Å². The van der Waals surface area contributed by atoms with Gasteiger partial charge in [-0.15, -0.1) is 0 Å². The first-order chi connectivity index (χ1) is 9.31. The van der Waals surface area contributed by atoms with Gasteiger partial charge in [0, 0.05) is 18.1 Å². The van der Waals surface area contributed by atoms with Crippen LogP contribution in [0.4, 0.5) is 0 Å². The van der Waals surface area contributed by atoms with Crippen LogP contribution in [0.1, 0.15) is 59.8 Å². The second-order valence-electron chi connectivity index (χ2n) is 7.52. The van der Waals surface area contributed by atoms with Gasteiger partial charge < -0.3 is 15.8 Å². The van der Waals surface area contributed by atoms with Crippen LogP contribution in [0.3, 0.4) is 0 Å². The molecule has 0 saturated heterocycles. The fourth-order valence-corrected chi connectivity index (χ4v) is 3.74. The molecule has 0 aromatic heterocycles. The maximum atomic E-state index is 12.3. The molecule has 0 radical (unpaired) electrons. The van der Waals surface area contributed by atoms with E-state index in [0.717, 1.165) is 13.0 Å². The van der Waals surface area contributed by atoms with E-state index in [1.165, 1.54) is 25.7 Å². The number of carbonyl (C=O) groups is 1. The summed E-state index contributed by atoms with van der Waals surface area (Å²) in [6.07, 6.45) is 6.12. The van der Waals surface area contributed by atoms with Crippen LogP contribution >= 0.6 is 0 Å². The normalized spacial score (nSPS) is 30.1. The highest BCUT2D eigenvalue weighted by atomic mass is 16.5. The molecule has 3 atom stereocenters. The van der Waals surface area contributed by atoms with Crippen molar-refractivity contribution in [3.8, 4) is 0 Å². The van der Waals surface area contributed by atoms with E-state index in [4.69, 9.17) is 10.5 Å². The number of nitrogens with two attached hydrogens (primary N) is 1. The van der Waals surface area contributed by atoms with Gasteiger partial charge in [-0.2, -0.15) is 0 Å². The molecule has 0 aromatic carbocycles. The highest BCUT2D eigenvalue weighted by Crippen LogP contribution is 2.54. The molecule has 2 saturated carbocycles. The van der Waals surface area contributed by atoms with E-state index in [2.05, 4.69) is 5.32 Å². The van der Waals surface area contributed by atoms with Gasteiger partial charge in [0.25, 0.3) is 0 Å². The Morgan fingerprint density at radius 1 is 1.40 bits per heavy atom. The molecule has 2 aliphatic rings. The Morgan fingerprint density at radius 3 is 2.50 bits per heavy atom. The van der Waals surface area contributed by atoms with Gasteiger partial charge in [0.2, 0.25) is 5.91 Å². The molecule has 20 heavy (non-hydrogen) atoms. The van der Waals surface area contributed by atoms with Crippen LogP contribution in [-0.2, 0) is 9.53 Å². The summed E-state index contributed by atoms with van der Waals surface area (Å²) in [4.78, 5) is 12.3. The van der Waals surface area contributed by atoms with Crippen molar-refractivity contribution in [2.24, 2.45) is 16.6 Å². The first-order valence-electron chi connectivity index (χ1n) is 7.99. The number of nitrogens with one attached hydrogen (secondary N) is 1. The van der Waals surface area contributed by atoms with E-state index < -0.39 is 6.04 Å². The average Bonchev–Trinajstić information content (AvgIpc) is 2.87. The van der Waals surface area contributed by atoms with Crippen LogP contribution in [0.25, 0.3) is 0 Å². The second kappa shape index (κ2) is 5.64. The molecule has 4 heteroatoms. The molecule has 1 amide bonds. The summed E-state index contributed by atoms with van der Waals surface area (Å²) in [6, 6.07) is -0.199. The van der Waals surface area contributed by atoms with E-state index >= 15 is 0 Å². The molecular formula is C16H30N2O2. The van der Waals surface area contributed by atoms with E-state index in [-0.39, 0.29) is 22.8 Å². The maximum Gasteiger partial charge on any atom is 0.237 e. The fourth-order valence-electron chi connectivity index (χ4n) is 3.74. The molecule has 0 bridgehead atoms. The number of hydrogen-bond donors (Lipinski definition) is 2. The molecule has 2 unspecified atom stereocenters. The molecule has 116 valence electrons. The topological polar surface area (TPSA) is 64.3 Å². The monoisotopic (exact) mass is 282 g/mol. The lowest BCUT2D eigenvalue weighted by atomic mass is 9.60. The first kappa shape index (κ1) is 15.8. The number of ether oxygens (including phenoxy) is 1. The number of hydrogen-bond acceptors (Lipinski definition) is 3. The Bertz CT molecular complexity index is 356. The molecule has 2 aliphatic carbocycles. The van der Waals surface area contributed by atoms with Gasteiger partial charge in [-0.1, -0.05) is 33.6 Å². The third kappa shape index (κ3) is 2.73. The van der Waals surface area contributed by atoms with Gasteiger partial charge in [0.15, 0.2) is 0 Å². The summed E-state index contributed by atoms with van der Waals surface area (Å²) >= 11 is 0. The van der Waals surface area contributed by atoms with E-state index in [0.29, 0.717) is 6.10 Å². The lowest BCUT2D eigenvalue weighted by Crippen LogP contribution is -2.66. The molecule has 0 aromatic rings. The fraction of sp³-hybridized carbons (Fsp3) is 0.938. The summed E-state index contributed by atoms with van der Waals surface area (Å²) in [5, 5.41) is 3.20. The van der Waals surface area contributed by atoms with Crippen molar-refractivity contribution in [3.63, 3.8) is 0 Å². The zero-order valence-corrected chi connectivity index (χ0v) is 13.4. The Kier molecular flexibility index (Phi) is 4.45. The molecule has 3 N–H and O–H groups in total. The van der Waals surface area contributed by atoms with Crippen molar-refractivity contribution in [2.45, 2.75) is 78.0 Å². The molecule has 0 heterocycles. The Balaban J connectivity index is 1.98. The van der Waals surface area contributed by atoms with E-state index in [1.54, 1.807) is 0 Å². The van der Waals surface area contributed by atoms with Crippen LogP contribution in [0, 0.1) is 10.8 Å². The van der Waals surface area contributed by atoms with Crippen molar-refractivity contribution in [3.05, 3.63) is 0 Å². The van der Waals surface area contributed by atoms with Crippen molar-refractivity contribution < 1.29 is 9.53 Å². The SMILES string of the molecule is CCOC1CC(NC(=O)[C@@H](N)C(C)(C)C)C12CCCC2. The zero-order chi connectivity index (χ0) is 15.0. The summed E-state index contributed by atoms with van der Waals surface area (Å²) in [7, 11) is 0. The number of carbonyl (C=O) groups excluding carboxylic acids is 1. The van der Waals surface area contributed by atoms with Gasteiger partial charge in [-0.05, 0) is 31.6 Å². The molecule has 2 rings (SSSR count). The smallest absolute Gasteiger partial charge is 0.237 e. The lowest BCUT2D eigenvalue weighted by molar-refractivity contribution is -0.146. The molecule has 4 nitrogen and oxygen atoms in total. The van der Waals surface area contributed by atoms with Crippen molar-refractivity contribution in [2.75, 3.05) is 6.61 Å². The minimum atomic E-state index is -0.452. The van der Waals surface area contributed by atoms with Crippen LogP contribution in [0.5, 0.6) is 0 Å². The predicted molar refractivity (Wildman–Crippen MR) is 80.3 cm³/mol. The standard InChI is InChI=1S/C16H30N2O2/c1-5-20-12-10-11(16(12)8-6-7-9-16)18-14(19)13(17)15(2,3)4/h11-13H,5-10,17H2,1-4H3,(H,18,19)/t11?,12?,13-/m1/s1. The molecule has 1 spiro atoms. The Labute approximate surface area is 122 Å². The maximum absolute atomic E-state index is 12.3. The van der Waals surface area contributed by atoms with E-state index in [1.807, 2.05) is 27.7 Å². The van der Waals surface area contributed by atoms with Gasteiger partial charge in [-0.25, -0.2) is 0 Å². The molecule has 2 fully saturated rings. The van der Waals surface area contributed by atoms with Crippen molar-refractivity contribution >= 4 is 5.91 Å². The quantitative estimate of drug-likeness (QED) is 0.831. The Morgan fingerprint density at radius 2 is 2.00 bits per heavy atom. The molecule has 0 aliphatic heterocycles. The summed E-state index contributed by atoms with van der Waals surface area (Å²) < 4.78 is 5.87. The summed E-state index contributed by atoms with van der Waals surface area (Å²) in [5.41, 5.74) is 6.04. The average molecular weight is 282 g/mol. The lowest BCUT2D eigenvalue weighted by Gasteiger charge is -2.54. The summed E-state index contributed by atoms with van der Waals surface area (Å²) in [5.74, 6) is -0.0104. The minimum Gasteiger partial charge on any atom is -0.378 e. The molecular weight excluding hydrogens is 252 g/mol. The van der Waals surface area contributed by atoms with Crippen LogP contribution in [0.15, 0.2) is 0 Å². The first-order valence-corrected chi connectivity index (χ1v) is 7.99. The predicted octanol–water partition coefficient (Wildman–Crippen LogP) is 2.21. The van der Waals surface area contributed by atoms with Gasteiger partial charge >= 0.3 is 0 Å². The van der Waals surface area contributed by atoms with Gasteiger partial charge in [-0.3, -0.25) is 4.79 Å².